The van der Waals surface area contributed by atoms with E-state index in [1.165, 1.54) is 7.11 Å². The van der Waals surface area contributed by atoms with Crippen LogP contribution in [0.25, 0.3) is 0 Å². The zero-order valence-corrected chi connectivity index (χ0v) is 10.6. The summed E-state index contributed by atoms with van der Waals surface area (Å²) >= 11 is 0. The van der Waals surface area contributed by atoms with Crippen molar-refractivity contribution < 1.29 is 14.3 Å². The minimum atomic E-state index is -0.414. The minimum absolute atomic E-state index is 0.111. The van der Waals surface area contributed by atoms with Crippen molar-refractivity contribution in [3.8, 4) is 0 Å². The predicted molar refractivity (Wildman–Crippen MR) is 63.4 cm³/mol. The summed E-state index contributed by atoms with van der Waals surface area (Å²) in [6.07, 6.45) is 4.39. The van der Waals surface area contributed by atoms with Crippen LogP contribution < -0.4 is 0 Å². The summed E-state index contributed by atoms with van der Waals surface area (Å²) in [5.74, 6) is -0.303. The quantitative estimate of drug-likeness (QED) is 0.411. The van der Waals surface area contributed by atoms with Gasteiger partial charge in [0.15, 0.2) is 0 Å². The van der Waals surface area contributed by atoms with Gasteiger partial charge in [-0.3, -0.25) is 9.59 Å². The van der Waals surface area contributed by atoms with Gasteiger partial charge in [0, 0.05) is 18.1 Å². The normalized spacial score (nSPS) is 11.8. The lowest BCUT2D eigenvalue weighted by atomic mass is 9.96. The van der Waals surface area contributed by atoms with E-state index in [4.69, 9.17) is 0 Å². The number of ether oxygens (including phenoxy) is 1. The van der Waals surface area contributed by atoms with E-state index < -0.39 is 5.41 Å². The molecule has 92 valence electrons. The van der Waals surface area contributed by atoms with Crippen LogP contribution in [0.3, 0.4) is 0 Å². The Morgan fingerprint density at radius 3 is 2.38 bits per heavy atom. The molecule has 0 bridgehead atoms. The first-order valence-corrected chi connectivity index (χ1v) is 5.51. The summed E-state index contributed by atoms with van der Waals surface area (Å²) in [6, 6.07) is 0. The molecule has 0 aromatic rings. The number of methoxy groups -OCH3 is 1. The third-order valence-electron chi connectivity index (χ3n) is 2.04. The number of hydrogen-bond donors (Lipinski definition) is 0. The summed E-state index contributed by atoms with van der Waals surface area (Å²) < 4.78 is 4.51. The van der Waals surface area contributed by atoms with E-state index in [0.717, 1.165) is 19.3 Å². The highest BCUT2D eigenvalue weighted by Crippen LogP contribution is 2.14. The Bertz CT molecular complexity index is 264. The minimum Gasteiger partial charge on any atom is -0.469 e. The molecule has 0 aliphatic heterocycles. The second kappa shape index (κ2) is 7.14. The molecule has 0 rings (SSSR count). The Kier molecular flexibility index (Phi) is 6.61. The van der Waals surface area contributed by atoms with Crippen LogP contribution >= 0.6 is 0 Å². The van der Waals surface area contributed by atoms with Crippen LogP contribution in [0, 0.1) is 5.41 Å². The molecule has 0 saturated heterocycles. The molecule has 0 aromatic heterocycles. The van der Waals surface area contributed by atoms with Gasteiger partial charge in [0.1, 0.15) is 0 Å². The molecule has 4 heteroatoms. The fourth-order valence-electron chi connectivity index (χ4n) is 0.948. The highest BCUT2D eigenvalue weighted by Gasteiger charge is 2.19. The Balaban J connectivity index is 3.63. The lowest BCUT2D eigenvalue weighted by Crippen LogP contribution is -2.17. The highest BCUT2D eigenvalue weighted by atomic mass is 16.5. The number of nitrogens with zero attached hydrogens (tertiary/aromatic N) is 1. The number of hydrogen-bond acceptors (Lipinski definition) is 3. The summed E-state index contributed by atoms with van der Waals surface area (Å²) in [5.41, 5.74) is -0.414. The topological polar surface area (TPSA) is 55.7 Å². The standard InChI is InChI=1S/C12H21NO3/c1-12(2,3)11(15)13-9-7-5-6-8-10(14)16-4/h9H,5-8H2,1-4H3. The van der Waals surface area contributed by atoms with Crippen molar-refractivity contribution in [2.45, 2.75) is 46.5 Å². The number of carbonyl (C=O) groups excluding carboxylic acids is 2. The zero-order valence-electron chi connectivity index (χ0n) is 10.6. The van der Waals surface area contributed by atoms with Crippen molar-refractivity contribution in [1.29, 1.82) is 0 Å². The molecule has 0 aromatic carbocycles. The van der Waals surface area contributed by atoms with E-state index in [-0.39, 0.29) is 11.9 Å². The van der Waals surface area contributed by atoms with Gasteiger partial charge < -0.3 is 4.74 Å². The van der Waals surface area contributed by atoms with E-state index in [1.54, 1.807) is 6.21 Å². The molecule has 0 spiro atoms. The molecule has 16 heavy (non-hydrogen) atoms. The van der Waals surface area contributed by atoms with Gasteiger partial charge in [0.05, 0.1) is 7.11 Å². The largest absolute Gasteiger partial charge is 0.469 e. The van der Waals surface area contributed by atoms with E-state index >= 15 is 0 Å². The van der Waals surface area contributed by atoms with Crippen molar-refractivity contribution in [2.24, 2.45) is 10.4 Å². The molecule has 0 aliphatic rings. The average molecular weight is 227 g/mol. The molecule has 4 nitrogen and oxygen atoms in total. The van der Waals surface area contributed by atoms with Crippen molar-refractivity contribution in [1.82, 2.24) is 0 Å². The van der Waals surface area contributed by atoms with Gasteiger partial charge in [-0.05, 0) is 19.3 Å². The third kappa shape index (κ3) is 7.15. The van der Waals surface area contributed by atoms with Gasteiger partial charge in [-0.15, -0.1) is 0 Å². The van der Waals surface area contributed by atoms with Crippen LogP contribution in [-0.4, -0.2) is 25.2 Å². The second-order valence-electron chi connectivity index (χ2n) is 4.69. The lowest BCUT2D eigenvalue weighted by molar-refractivity contribution is -0.140. The molecule has 0 saturated carbocycles. The first kappa shape index (κ1) is 14.8. The summed E-state index contributed by atoms with van der Waals surface area (Å²) in [5, 5.41) is 0. The van der Waals surface area contributed by atoms with Crippen molar-refractivity contribution in [3.05, 3.63) is 0 Å². The van der Waals surface area contributed by atoms with Gasteiger partial charge in [0.25, 0.3) is 5.91 Å². The van der Waals surface area contributed by atoms with Crippen molar-refractivity contribution >= 4 is 18.1 Å². The Morgan fingerprint density at radius 2 is 1.88 bits per heavy atom. The molecule has 0 aliphatic carbocycles. The molecule has 0 N–H and O–H groups in total. The van der Waals surface area contributed by atoms with E-state index in [0.29, 0.717) is 6.42 Å². The highest BCUT2D eigenvalue weighted by molar-refractivity contribution is 5.88. The predicted octanol–water partition coefficient (Wildman–Crippen LogP) is 2.36. The van der Waals surface area contributed by atoms with Crippen LogP contribution in [0.1, 0.15) is 46.5 Å². The molecule has 0 radical (unpaired) electrons. The van der Waals surface area contributed by atoms with Crippen LogP contribution in [0.15, 0.2) is 4.99 Å². The molecule has 1 amide bonds. The summed E-state index contributed by atoms with van der Waals surface area (Å²) in [4.78, 5) is 26.0. The average Bonchev–Trinajstić information content (AvgIpc) is 2.20. The molecular weight excluding hydrogens is 206 g/mol. The lowest BCUT2D eigenvalue weighted by Gasteiger charge is -2.11. The van der Waals surface area contributed by atoms with Gasteiger partial charge in [-0.1, -0.05) is 20.8 Å². The Labute approximate surface area is 97.1 Å². The van der Waals surface area contributed by atoms with Crippen LogP contribution in [0.4, 0.5) is 0 Å². The maximum absolute atomic E-state index is 11.4. The Morgan fingerprint density at radius 1 is 1.25 bits per heavy atom. The number of esters is 1. The number of amides is 1. The molecule has 0 unspecified atom stereocenters. The smallest absolute Gasteiger partial charge is 0.305 e. The van der Waals surface area contributed by atoms with Gasteiger partial charge >= 0.3 is 5.97 Å². The molecule has 0 atom stereocenters. The summed E-state index contributed by atoms with van der Waals surface area (Å²) in [7, 11) is 1.38. The van der Waals surface area contributed by atoms with Crippen LogP contribution in [-0.2, 0) is 14.3 Å². The zero-order chi connectivity index (χ0) is 12.6. The first-order chi connectivity index (χ1) is 7.38. The maximum Gasteiger partial charge on any atom is 0.305 e. The molecular formula is C12H21NO3. The fraction of sp³-hybridized carbons (Fsp3) is 0.750. The monoisotopic (exact) mass is 227 g/mol. The van der Waals surface area contributed by atoms with E-state index in [9.17, 15) is 9.59 Å². The van der Waals surface area contributed by atoms with E-state index in [1.807, 2.05) is 20.8 Å². The first-order valence-electron chi connectivity index (χ1n) is 5.51. The molecule has 0 fully saturated rings. The van der Waals surface area contributed by atoms with Crippen LogP contribution in [0.5, 0.6) is 0 Å². The second-order valence-corrected chi connectivity index (χ2v) is 4.69. The number of carbonyl (C=O) groups is 2. The summed E-state index contributed by atoms with van der Waals surface area (Å²) in [6.45, 7) is 5.51. The SMILES string of the molecule is COC(=O)CCCCC=NC(=O)C(C)(C)C. The van der Waals surface area contributed by atoms with Crippen molar-refractivity contribution in [3.63, 3.8) is 0 Å². The van der Waals surface area contributed by atoms with Gasteiger partial charge in [-0.25, -0.2) is 4.99 Å². The Hall–Kier alpha value is -1.19. The third-order valence-corrected chi connectivity index (χ3v) is 2.04. The maximum atomic E-state index is 11.4. The number of unbranched alkanes of at least 4 members (excludes halogenated alkanes) is 2. The van der Waals surface area contributed by atoms with E-state index in [2.05, 4.69) is 9.73 Å². The van der Waals surface area contributed by atoms with Crippen molar-refractivity contribution in [2.75, 3.05) is 7.11 Å². The number of rotatable bonds is 5. The van der Waals surface area contributed by atoms with Gasteiger partial charge in [0.2, 0.25) is 0 Å². The fourth-order valence-corrected chi connectivity index (χ4v) is 0.948. The number of aliphatic imine (C=N–C) groups is 1. The molecule has 0 heterocycles. The van der Waals surface area contributed by atoms with Gasteiger partial charge in [-0.2, -0.15) is 0 Å². The van der Waals surface area contributed by atoms with Crippen LogP contribution in [0.2, 0.25) is 0 Å².